The summed E-state index contributed by atoms with van der Waals surface area (Å²) in [5.74, 6) is 0.816. The van der Waals surface area contributed by atoms with Gasteiger partial charge >= 0.3 is 0 Å². The van der Waals surface area contributed by atoms with Crippen molar-refractivity contribution in [3.05, 3.63) is 54.1 Å². The van der Waals surface area contributed by atoms with Crippen molar-refractivity contribution in [2.24, 2.45) is 5.92 Å². The first-order valence-electron chi connectivity index (χ1n) is 6.25. The first-order valence-corrected chi connectivity index (χ1v) is 6.25. The van der Waals surface area contributed by atoms with Crippen molar-refractivity contribution in [3.8, 4) is 5.75 Å². The lowest BCUT2D eigenvalue weighted by Crippen LogP contribution is -2.19. The molecule has 0 saturated heterocycles. The Labute approximate surface area is 109 Å². The van der Waals surface area contributed by atoms with E-state index in [1.54, 1.807) is 24.3 Å². The summed E-state index contributed by atoms with van der Waals surface area (Å²) in [5, 5.41) is 18.1. The molecular weight excluding hydrogens is 224 g/mol. The maximum absolute atomic E-state index is 9.49. The van der Waals surface area contributed by atoms with Crippen LogP contribution in [0.3, 0.4) is 0 Å². The van der Waals surface area contributed by atoms with E-state index in [1.807, 2.05) is 19.9 Å². The molecular formula is C16H22O2. The SMILES string of the molecule is C=C(C)C1CC=C(C)C(O)C1.Oc1ccccc1. The van der Waals surface area contributed by atoms with Crippen LogP contribution in [0.15, 0.2) is 54.1 Å². The highest BCUT2D eigenvalue weighted by Crippen LogP contribution is 2.27. The maximum atomic E-state index is 9.49. The van der Waals surface area contributed by atoms with Gasteiger partial charge in [0.2, 0.25) is 0 Å². The summed E-state index contributed by atoms with van der Waals surface area (Å²) in [5.41, 5.74) is 2.30. The highest BCUT2D eigenvalue weighted by atomic mass is 16.3. The van der Waals surface area contributed by atoms with Gasteiger partial charge < -0.3 is 10.2 Å². The summed E-state index contributed by atoms with van der Waals surface area (Å²) in [6, 6.07) is 8.71. The lowest BCUT2D eigenvalue weighted by atomic mass is 9.84. The van der Waals surface area contributed by atoms with Crippen molar-refractivity contribution >= 4 is 0 Å². The van der Waals surface area contributed by atoms with E-state index in [-0.39, 0.29) is 6.10 Å². The molecule has 2 heteroatoms. The molecule has 0 saturated carbocycles. The Morgan fingerprint density at radius 3 is 2.28 bits per heavy atom. The van der Waals surface area contributed by atoms with Gasteiger partial charge in [-0.05, 0) is 50.3 Å². The van der Waals surface area contributed by atoms with E-state index in [4.69, 9.17) is 5.11 Å². The Morgan fingerprint density at radius 1 is 1.28 bits per heavy atom. The van der Waals surface area contributed by atoms with Crippen LogP contribution in [0.1, 0.15) is 26.7 Å². The predicted octanol–water partition coefficient (Wildman–Crippen LogP) is 3.67. The molecule has 1 aliphatic rings. The zero-order chi connectivity index (χ0) is 13.5. The molecule has 0 bridgehead atoms. The molecule has 0 spiro atoms. The van der Waals surface area contributed by atoms with Crippen LogP contribution in [0.4, 0.5) is 0 Å². The molecule has 0 aromatic heterocycles. The third kappa shape index (κ3) is 4.76. The predicted molar refractivity (Wildman–Crippen MR) is 75.4 cm³/mol. The molecule has 2 N–H and O–H groups in total. The molecule has 98 valence electrons. The molecule has 2 rings (SSSR count). The monoisotopic (exact) mass is 246 g/mol. The molecule has 2 atom stereocenters. The normalized spacial score (nSPS) is 22.5. The minimum Gasteiger partial charge on any atom is -0.508 e. The lowest BCUT2D eigenvalue weighted by Gasteiger charge is -2.24. The van der Waals surface area contributed by atoms with Gasteiger partial charge in [-0.25, -0.2) is 0 Å². The molecule has 2 nitrogen and oxygen atoms in total. The van der Waals surface area contributed by atoms with Crippen molar-refractivity contribution in [3.63, 3.8) is 0 Å². The Hall–Kier alpha value is -1.54. The van der Waals surface area contributed by atoms with Gasteiger partial charge in [-0.1, -0.05) is 36.4 Å². The maximum Gasteiger partial charge on any atom is 0.115 e. The lowest BCUT2D eigenvalue weighted by molar-refractivity contribution is 0.174. The number of phenols is 1. The minimum atomic E-state index is -0.231. The van der Waals surface area contributed by atoms with Gasteiger partial charge in [0.15, 0.2) is 0 Å². The van der Waals surface area contributed by atoms with Gasteiger partial charge in [-0.2, -0.15) is 0 Å². The molecule has 18 heavy (non-hydrogen) atoms. The van der Waals surface area contributed by atoms with Crippen LogP contribution >= 0.6 is 0 Å². The van der Waals surface area contributed by atoms with E-state index in [2.05, 4.69) is 12.7 Å². The number of aromatic hydroxyl groups is 1. The smallest absolute Gasteiger partial charge is 0.115 e. The largest absolute Gasteiger partial charge is 0.508 e. The van der Waals surface area contributed by atoms with Crippen LogP contribution in [0.2, 0.25) is 0 Å². The zero-order valence-electron chi connectivity index (χ0n) is 11.1. The summed E-state index contributed by atoms with van der Waals surface area (Å²) in [4.78, 5) is 0. The first-order chi connectivity index (χ1) is 8.50. The number of benzene rings is 1. The second kappa shape index (κ2) is 7.02. The highest BCUT2D eigenvalue weighted by molar-refractivity contribution is 5.18. The van der Waals surface area contributed by atoms with Crippen LogP contribution < -0.4 is 0 Å². The summed E-state index contributed by atoms with van der Waals surface area (Å²) in [6.07, 6.45) is 3.80. The Kier molecular flexibility index (Phi) is 5.66. The third-order valence-electron chi connectivity index (χ3n) is 3.21. The summed E-state index contributed by atoms with van der Waals surface area (Å²) in [6.45, 7) is 7.92. The third-order valence-corrected chi connectivity index (χ3v) is 3.21. The fourth-order valence-electron chi connectivity index (χ4n) is 1.85. The number of rotatable bonds is 1. The second-order valence-electron chi connectivity index (χ2n) is 4.81. The first kappa shape index (κ1) is 14.5. The molecule has 0 amide bonds. The Morgan fingerprint density at radius 2 is 1.89 bits per heavy atom. The molecule has 0 radical (unpaired) electrons. The van der Waals surface area contributed by atoms with Crippen molar-refractivity contribution in [1.82, 2.24) is 0 Å². The molecule has 1 aromatic carbocycles. The van der Waals surface area contributed by atoms with Crippen molar-refractivity contribution < 1.29 is 10.2 Å². The summed E-state index contributed by atoms with van der Waals surface area (Å²) >= 11 is 0. The van der Waals surface area contributed by atoms with E-state index in [9.17, 15) is 5.11 Å². The van der Waals surface area contributed by atoms with Crippen LogP contribution in [0.5, 0.6) is 5.75 Å². The van der Waals surface area contributed by atoms with E-state index < -0.39 is 0 Å². The standard InChI is InChI=1S/C10H16O.C6H6O/c1-7(2)9-5-4-8(3)10(11)6-9;7-6-4-2-1-3-5-6/h4,9-11H,1,5-6H2,2-3H3;1-5,7H. The van der Waals surface area contributed by atoms with Crippen molar-refractivity contribution in [2.45, 2.75) is 32.8 Å². The second-order valence-corrected chi connectivity index (χ2v) is 4.81. The van der Waals surface area contributed by atoms with Crippen molar-refractivity contribution in [1.29, 1.82) is 0 Å². The van der Waals surface area contributed by atoms with E-state index in [0.717, 1.165) is 18.4 Å². The number of phenolic OH excluding ortho intramolecular Hbond substituents is 1. The fourth-order valence-corrected chi connectivity index (χ4v) is 1.85. The van der Waals surface area contributed by atoms with Gasteiger partial charge in [-0.3, -0.25) is 0 Å². The van der Waals surface area contributed by atoms with E-state index >= 15 is 0 Å². The van der Waals surface area contributed by atoms with Crippen LogP contribution in [-0.2, 0) is 0 Å². The summed E-state index contributed by atoms with van der Waals surface area (Å²) < 4.78 is 0. The molecule has 0 fully saturated rings. The van der Waals surface area contributed by atoms with Gasteiger partial charge in [0.25, 0.3) is 0 Å². The van der Waals surface area contributed by atoms with Crippen LogP contribution in [0, 0.1) is 5.92 Å². The van der Waals surface area contributed by atoms with E-state index in [1.165, 1.54) is 5.57 Å². The van der Waals surface area contributed by atoms with Crippen LogP contribution in [-0.4, -0.2) is 16.3 Å². The molecule has 0 heterocycles. The number of hydrogen-bond donors (Lipinski definition) is 2. The topological polar surface area (TPSA) is 40.5 Å². The number of allylic oxidation sites excluding steroid dienone is 2. The minimum absolute atomic E-state index is 0.231. The van der Waals surface area contributed by atoms with Gasteiger partial charge in [0.1, 0.15) is 5.75 Å². The average Bonchev–Trinajstić information content (AvgIpc) is 2.34. The fraction of sp³-hybridized carbons (Fsp3) is 0.375. The molecule has 1 aliphatic carbocycles. The molecule has 2 unspecified atom stereocenters. The zero-order valence-corrected chi connectivity index (χ0v) is 11.1. The molecule has 1 aromatic rings. The highest BCUT2D eigenvalue weighted by Gasteiger charge is 2.19. The summed E-state index contributed by atoms with van der Waals surface area (Å²) in [7, 11) is 0. The van der Waals surface area contributed by atoms with Gasteiger partial charge in [0, 0.05) is 0 Å². The van der Waals surface area contributed by atoms with Crippen molar-refractivity contribution in [2.75, 3.05) is 0 Å². The van der Waals surface area contributed by atoms with Gasteiger partial charge in [-0.15, -0.1) is 0 Å². The number of para-hydroxylation sites is 1. The van der Waals surface area contributed by atoms with Crippen LogP contribution in [0.25, 0.3) is 0 Å². The number of aliphatic hydroxyl groups excluding tert-OH is 1. The quantitative estimate of drug-likeness (QED) is 0.742. The average molecular weight is 246 g/mol. The van der Waals surface area contributed by atoms with Gasteiger partial charge in [0.05, 0.1) is 6.10 Å². The molecule has 0 aliphatic heterocycles. The van der Waals surface area contributed by atoms with E-state index in [0.29, 0.717) is 11.7 Å². The Bertz CT molecular complexity index is 406. The Balaban J connectivity index is 0.000000199. The number of hydrogen-bond acceptors (Lipinski definition) is 2. The number of aliphatic hydroxyl groups is 1.